The van der Waals surface area contributed by atoms with E-state index < -0.39 is 0 Å². The minimum Gasteiger partial charge on any atom is -0.337 e. The van der Waals surface area contributed by atoms with E-state index in [1.807, 2.05) is 23.2 Å². The summed E-state index contributed by atoms with van der Waals surface area (Å²) in [7, 11) is 0. The molecule has 0 bridgehead atoms. The summed E-state index contributed by atoms with van der Waals surface area (Å²) < 4.78 is 0. The van der Waals surface area contributed by atoms with Crippen LogP contribution in [-0.4, -0.2) is 39.1 Å². The Labute approximate surface area is 146 Å². The lowest BCUT2D eigenvalue weighted by Gasteiger charge is -2.32. The zero-order valence-electron chi connectivity index (χ0n) is 14.0. The van der Waals surface area contributed by atoms with E-state index in [1.54, 1.807) is 18.3 Å². The van der Waals surface area contributed by atoms with Crippen LogP contribution >= 0.6 is 0 Å². The second-order valence-corrected chi connectivity index (χ2v) is 6.56. The van der Waals surface area contributed by atoms with Crippen LogP contribution < -0.4 is 0 Å². The summed E-state index contributed by atoms with van der Waals surface area (Å²) in [5.41, 5.74) is 2.77. The Hall–Kier alpha value is -2.82. The number of carbonyl (C=O) groups is 1. The first-order chi connectivity index (χ1) is 12.3. The van der Waals surface area contributed by atoms with Crippen LogP contribution in [0.25, 0.3) is 10.9 Å². The van der Waals surface area contributed by atoms with Crippen LogP contribution in [-0.2, 0) is 6.42 Å². The molecule has 0 unspecified atom stereocenters. The molecule has 1 aliphatic rings. The first-order valence-corrected chi connectivity index (χ1v) is 8.71. The van der Waals surface area contributed by atoms with Gasteiger partial charge in [0.15, 0.2) is 5.69 Å². The number of fused-ring (bicyclic) bond motifs is 1. The van der Waals surface area contributed by atoms with Gasteiger partial charge in [-0.2, -0.15) is 5.10 Å². The van der Waals surface area contributed by atoms with Crippen molar-refractivity contribution in [3.8, 4) is 0 Å². The normalized spacial score (nSPS) is 17.6. The summed E-state index contributed by atoms with van der Waals surface area (Å²) in [5, 5.41) is 8.98. The van der Waals surface area contributed by atoms with E-state index in [4.69, 9.17) is 0 Å². The van der Waals surface area contributed by atoms with Gasteiger partial charge in [-0.3, -0.25) is 9.78 Å². The van der Waals surface area contributed by atoms with Gasteiger partial charge in [0, 0.05) is 30.9 Å². The highest BCUT2D eigenvalue weighted by Gasteiger charge is 2.25. The van der Waals surface area contributed by atoms with Crippen molar-refractivity contribution >= 4 is 16.8 Å². The first kappa shape index (κ1) is 15.7. The molecule has 0 N–H and O–H groups in total. The lowest BCUT2D eigenvalue weighted by molar-refractivity contribution is 0.0666. The Morgan fingerprint density at radius 3 is 2.92 bits per heavy atom. The van der Waals surface area contributed by atoms with Gasteiger partial charge in [-0.25, -0.2) is 0 Å². The SMILES string of the molecule is O=C(c1cccnn1)N1CCC[C@H](Cc2ccnc3ccccc23)C1. The molecule has 1 aromatic carbocycles. The number of hydrogen-bond donors (Lipinski definition) is 0. The zero-order valence-corrected chi connectivity index (χ0v) is 14.0. The number of rotatable bonds is 3. The number of amides is 1. The van der Waals surface area contributed by atoms with Crippen molar-refractivity contribution in [3.63, 3.8) is 0 Å². The Kier molecular flexibility index (Phi) is 4.37. The molecule has 0 spiro atoms. The van der Waals surface area contributed by atoms with Crippen molar-refractivity contribution in [1.29, 1.82) is 0 Å². The fraction of sp³-hybridized carbons (Fsp3) is 0.300. The van der Waals surface area contributed by atoms with E-state index in [-0.39, 0.29) is 5.91 Å². The molecule has 1 amide bonds. The van der Waals surface area contributed by atoms with Gasteiger partial charge in [0.25, 0.3) is 5.91 Å². The van der Waals surface area contributed by atoms with Crippen molar-refractivity contribution in [3.05, 3.63) is 66.1 Å². The number of benzene rings is 1. The lowest BCUT2D eigenvalue weighted by atomic mass is 9.90. The van der Waals surface area contributed by atoms with E-state index in [1.165, 1.54) is 10.9 Å². The number of hydrogen-bond acceptors (Lipinski definition) is 4. The Morgan fingerprint density at radius 2 is 2.04 bits per heavy atom. The van der Waals surface area contributed by atoms with Gasteiger partial charge >= 0.3 is 0 Å². The molecule has 1 atom stereocenters. The van der Waals surface area contributed by atoms with E-state index in [0.717, 1.165) is 37.9 Å². The van der Waals surface area contributed by atoms with Gasteiger partial charge in [-0.1, -0.05) is 18.2 Å². The van der Waals surface area contributed by atoms with Gasteiger partial charge in [-0.05, 0) is 55.0 Å². The molecule has 25 heavy (non-hydrogen) atoms. The predicted octanol–water partition coefficient (Wildman–Crippen LogP) is 3.12. The van der Waals surface area contributed by atoms with E-state index in [2.05, 4.69) is 33.4 Å². The smallest absolute Gasteiger partial charge is 0.274 e. The van der Waals surface area contributed by atoms with Crippen molar-refractivity contribution in [2.45, 2.75) is 19.3 Å². The Balaban J connectivity index is 1.51. The number of piperidine rings is 1. The molecule has 3 heterocycles. The van der Waals surface area contributed by atoms with Crippen LogP contribution in [0.1, 0.15) is 28.9 Å². The summed E-state index contributed by atoms with van der Waals surface area (Å²) in [6.45, 7) is 1.56. The van der Waals surface area contributed by atoms with E-state index in [0.29, 0.717) is 11.6 Å². The topological polar surface area (TPSA) is 59.0 Å². The second kappa shape index (κ2) is 6.97. The number of likely N-dealkylation sites (tertiary alicyclic amines) is 1. The van der Waals surface area contributed by atoms with Gasteiger partial charge in [0.05, 0.1) is 5.52 Å². The molecule has 5 nitrogen and oxygen atoms in total. The van der Waals surface area contributed by atoms with E-state index >= 15 is 0 Å². The van der Waals surface area contributed by atoms with E-state index in [9.17, 15) is 4.79 Å². The summed E-state index contributed by atoms with van der Waals surface area (Å²) >= 11 is 0. The number of aromatic nitrogens is 3. The third-order valence-corrected chi connectivity index (χ3v) is 4.85. The molecule has 3 aromatic rings. The lowest BCUT2D eigenvalue weighted by Crippen LogP contribution is -2.40. The van der Waals surface area contributed by atoms with Crippen LogP contribution in [0.5, 0.6) is 0 Å². The quantitative estimate of drug-likeness (QED) is 0.739. The summed E-state index contributed by atoms with van der Waals surface area (Å²) in [6.07, 6.45) is 6.60. The maximum Gasteiger partial charge on any atom is 0.274 e. The van der Waals surface area contributed by atoms with Crippen LogP contribution in [0.4, 0.5) is 0 Å². The number of carbonyl (C=O) groups excluding carboxylic acids is 1. The van der Waals surface area contributed by atoms with Crippen LogP contribution in [0.15, 0.2) is 54.9 Å². The van der Waals surface area contributed by atoms with Crippen molar-refractivity contribution < 1.29 is 4.79 Å². The molecule has 0 radical (unpaired) electrons. The molecule has 1 fully saturated rings. The average Bonchev–Trinajstić information content (AvgIpc) is 2.69. The fourth-order valence-corrected chi connectivity index (χ4v) is 3.64. The number of nitrogens with zero attached hydrogens (tertiary/aromatic N) is 4. The second-order valence-electron chi connectivity index (χ2n) is 6.56. The zero-order chi connectivity index (χ0) is 17.1. The minimum atomic E-state index is -0.0163. The summed E-state index contributed by atoms with van der Waals surface area (Å²) in [6, 6.07) is 13.8. The van der Waals surface area contributed by atoms with Gasteiger partial charge in [0.2, 0.25) is 0 Å². The Bertz CT molecular complexity index is 876. The molecular formula is C20H20N4O. The summed E-state index contributed by atoms with van der Waals surface area (Å²) in [4.78, 5) is 19.0. The molecule has 126 valence electrons. The van der Waals surface area contributed by atoms with Crippen molar-refractivity contribution in [1.82, 2.24) is 20.1 Å². The highest BCUT2D eigenvalue weighted by Crippen LogP contribution is 2.25. The van der Waals surface area contributed by atoms with Crippen LogP contribution in [0.3, 0.4) is 0 Å². The molecule has 1 aliphatic heterocycles. The van der Waals surface area contributed by atoms with Crippen LogP contribution in [0.2, 0.25) is 0 Å². The first-order valence-electron chi connectivity index (χ1n) is 8.71. The number of para-hydroxylation sites is 1. The minimum absolute atomic E-state index is 0.0163. The highest BCUT2D eigenvalue weighted by molar-refractivity contribution is 5.92. The maximum atomic E-state index is 12.6. The monoisotopic (exact) mass is 332 g/mol. The van der Waals surface area contributed by atoms with Gasteiger partial charge < -0.3 is 4.90 Å². The Morgan fingerprint density at radius 1 is 1.12 bits per heavy atom. The molecule has 0 aliphatic carbocycles. The number of pyridine rings is 1. The molecule has 2 aromatic heterocycles. The molecule has 1 saturated heterocycles. The van der Waals surface area contributed by atoms with Gasteiger partial charge in [0.1, 0.15) is 0 Å². The van der Waals surface area contributed by atoms with Crippen molar-refractivity contribution in [2.75, 3.05) is 13.1 Å². The molecule has 5 heteroatoms. The highest BCUT2D eigenvalue weighted by atomic mass is 16.2. The molecular weight excluding hydrogens is 312 g/mol. The van der Waals surface area contributed by atoms with Crippen LogP contribution in [0, 0.1) is 5.92 Å². The standard InChI is InChI=1S/C20H20N4O/c25-20(19-8-3-10-22-23-19)24-12-4-5-15(14-24)13-16-9-11-21-18-7-2-1-6-17(16)18/h1-3,6-11,15H,4-5,12-14H2/t15-/m1/s1. The molecule has 0 saturated carbocycles. The van der Waals surface area contributed by atoms with Crippen molar-refractivity contribution in [2.24, 2.45) is 5.92 Å². The third kappa shape index (κ3) is 3.36. The predicted molar refractivity (Wildman–Crippen MR) is 96.1 cm³/mol. The third-order valence-electron chi connectivity index (χ3n) is 4.85. The molecule has 4 rings (SSSR count). The summed E-state index contributed by atoms with van der Waals surface area (Å²) in [5.74, 6) is 0.442. The maximum absolute atomic E-state index is 12.6. The van der Waals surface area contributed by atoms with Gasteiger partial charge in [-0.15, -0.1) is 5.10 Å². The fourth-order valence-electron chi connectivity index (χ4n) is 3.64. The largest absolute Gasteiger partial charge is 0.337 e. The average molecular weight is 332 g/mol.